The van der Waals surface area contributed by atoms with Crippen LogP contribution >= 0.6 is 11.8 Å². The van der Waals surface area contributed by atoms with E-state index in [0.29, 0.717) is 12.1 Å². The Morgan fingerprint density at radius 1 is 1.29 bits per heavy atom. The van der Waals surface area contributed by atoms with Gasteiger partial charge in [-0.1, -0.05) is 31.5 Å². The van der Waals surface area contributed by atoms with E-state index in [0.717, 1.165) is 10.5 Å². The summed E-state index contributed by atoms with van der Waals surface area (Å²) in [5.74, 6) is 5.04. The second-order valence-corrected chi connectivity index (χ2v) is 7.58. The van der Waals surface area contributed by atoms with E-state index in [4.69, 9.17) is 5.11 Å². The zero-order chi connectivity index (χ0) is 17.3. The maximum absolute atomic E-state index is 10.8. The van der Waals surface area contributed by atoms with E-state index in [1.165, 1.54) is 29.6 Å². The van der Waals surface area contributed by atoms with Crippen LogP contribution in [0.2, 0.25) is 0 Å². The van der Waals surface area contributed by atoms with Crippen LogP contribution in [0.25, 0.3) is 0 Å². The molecule has 24 heavy (non-hydrogen) atoms. The summed E-state index contributed by atoms with van der Waals surface area (Å²) in [7, 11) is 0. The number of fused-ring (bicyclic) bond motifs is 1. The minimum absolute atomic E-state index is 0.0981. The third-order valence-corrected chi connectivity index (χ3v) is 5.05. The Morgan fingerprint density at radius 3 is 2.75 bits per heavy atom. The number of hydrogen-bond acceptors (Lipinski definition) is 4. The minimum atomic E-state index is -1.00. The quantitative estimate of drug-likeness (QED) is 0.780. The van der Waals surface area contributed by atoms with Crippen LogP contribution in [0, 0.1) is 11.8 Å². The van der Waals surface area contributed by atoms with E-state index in [9.17, 15) is 9.90 Å². The normalized spacial score (nSPS) is 18.2. The molecule has 2 heterocycles. The van der Waals surface area contributed by atoms with Crippen molar-refractivity contribution >= 4 is 17.7 Å². The van der Waals surface area contributed by atoms with E-state index >= 15 is 0 Å². The van der Waals surface area contributed by atoms with Gasteiger partial charge in [-0.15, -0.1) is 0 Å². The van der Waals surface area contributed by atoms with Gasteiger partial charge in [-0.3, -0.25) is 0 Å². The number of aliphatic hydroxyl groups excluding tert-OH is 1. The smallest absolute Gasteiger partial charge is 0.337 e. The highest BCUT2D eigenvalue weighted by molar-refractivity contribution is 7.99. The standard InChI is InChI=1S/C19H17NO3S/c1-19(2)10-17(21)24-16-8-4-12(9-15(16)19)3-6-14-7-5-13(11-20-14)18(22)23/h4-5,7-9,11,17,21H,10H2,1-2H3,(H,22,23). The lowest BCUT2D eigenvalue weighted by Crippen LogP contribution is -2.27. The molecule has 1 aromatic carbocycles. The van der Waals surface area contributed by atoms with Gasteiger partial charge in [-0.05, 0) is 53.7 Å². The number of carboxylic acid groups (broad SMARTS) is 1. The Kier molecular flexibility index (Phi) is 4.35. The number of benzene rings is 1. The van der Waals surface area contributed by atoms with E-state index in [1.54, 1.807) is 6.07 Å². The molecule has 5 heteroatoms. The summed E-state index contributed by atoms with van der Waals surface area (Å²) in [6.07, 6.45) is 2.01. The molecule has 0 saturated heterocycles. The molecule has 1 aliphatic rings. The second kappa shape index (κ2) is 6.31. The number of carboxylic acids is 1. The van der Waals surface area contributed by atoms with Crippen LogP contribution in [0.1, 0.15) is 47.4 Å². The van der Waals surface area contributed by atoms with E-state index in [-0.39, 0.29) is 16.4 Å². The van der Waals surface area contributed by atoms with Gasteiger partial charge >= 0.3 is 5.97 Å². The molecule has 0 aliphatic carbocycles. The average Bonchev–Trinajstić information content (AvgIpc) is 2.52. The van der Waals surface area contributed by atoms with Crippen LogP contribution in [0.5, 0.6) is 0 Å². The first-order valence-electron chi connectivity index (χ1n) is 7.56. The molecule has 0 bridgehead atoms. The predicted octanol–water partition coefficient (Wildman–Crippen LogP) is 3.27. The Hall–Kier alpha value is -2.29. The number of hydrogen-bond donors (Lipinski definition) is 2. The Morgan fingerprint density at radius 2 is 2.08 bits per heavy atom. The number of aliphatic hydroxyl groups is 1. The fraction of sp³-hybridized carbons (Fsp3) is 0.263. The SMILES string of the molecule is CC1(C)CC(O)Sc2ccc(C#Cc3ccc(C(=O)O)cn3)cc21. The third kappa shape index (κ3) is 3.45. The van der Waals surface area contributed by atoms with Gasteiger partial charge in [0.25, 0.3) is 0 Å². The highest BCUT2D eigenvalue weighted by atomic mass is 32.2. The van der Waals surface area contributed by atoms with Gasteiger partial charge in [-0.25, -0.2) is 9.78 Å². The van der Waals surface area contributed by atoms with Crippen molar-refractivity contribution in [2.45, 2.75) is 36.0 Å². The largest absolute Gasteiger partial charge is 0.478 e. The highest BCUT2D eigenvalue weighted by Crippen LogP contribution is 2.44. The van der Waals surface area contributed by atoms with E-state index in [2.05, 4.69) is 36.7 Å². The maximum atomic E-state index is 10.8. The topological polar surface area (TPSA) is 70.4 Å². The van der Waals surface area contributed by atoms with Crippen molar-refractivity contribution in [3.63, 3.8) is 0 Å². The number of aromatic nitrogens is 1. The molecule has 2 aromatic rings. The van der Waals surface area contributed by atoms with Crippen molar-refractivity contribution in [1.29, 1.82) is 0 Å². The van der Waals surface area contributed by atoms with Crippen molar-refractivity contribution in [2.24, 2.45) is 0 Å². The fourth-order valence-electron chi connectivity index (χ4n) is 2.70. The minimum Gasteiger partial charge on any atom is -0.478 e. The summed E-state index contributed by atoms with van der Waals surface area (Å²) < 4.78 is 0. The van der Waals surface area contributed by atoms with Crippen LogP contribution in [-0.2, 0) is 5.41 Å². The fourth-order valence-corrected chi connectivity index (χ4v) is 4.11. The second-order valence-electron chi connectivity index (χ2n) is 6.36. The zero-order valence-electron chi connectivity index (χ0n) is 13.4. The van der Waals surface area contributed by atoms with Gasteiger partial charge < -0.3 is 10.2 Å². The molecule has 1 aliphatic heterocycles. The first kappa shape index (κ1) is 16.6. The van der Waals surface area contributed by atoms with E-state index < -0.39 is 5.97 Å². The van der Waals surface area contributed by atoms with Crippen molar-refractivity contribution < 1.29 is 15.0 Å². The van der Waals surface area contributed by atoms with Crippen molar-refractivity contribution in [3.05, 3.63) is 58.9 Å². The van der Waals surface area contributed by atoms with Crippen LogP contribution < -0.4 is 0 Å². The van der Waals surface area contributed by atoms with Crippen LogP contribution in [-0.4, -0.2) is 26.6 Å². The predicted molar refractivity (Wildman–Crippen MR) is 93.1 cm³/mol. The zero-order valence-corrected chi connectivity index (χ0v) is 14.2. The first-order valence-corrected chi connectivity index (χ1v) is 8.44. The number of thioether (sulfide) groups is 1. The molecule has 0 saturated carbocycles. The molecule has 122 valence electrons. The summed E-state index contributed by atoms with van der Waals surface area (Å²) >= 11 is 1.48. The molecule has 3 rings (SSSR count). The van der Waals surface area contributed by atoms with Crippen LogP contribution in [0.3, 0.4) is 0 Å². The highest BCUT2D eigenvalue weighted by Gasteiger charge is 2.32. The van der Waals surface area contributed by atoms with Gasteiger partial charge in [0.2, 0.25) is 0 Å². The van der Waals surface area contributed by atoms with Crippen molar-refractivity contribution in [2.75, 3.05) is 0 Å². The maximum Gasteiger partial charge on any atom is 0.337 e. The molecular formula is C19H17NO3S. The molecule has 2 N–H and O–H groups in total. The molecule has 1 unspecified atom stereocenters. The molecule has 0 radical (unpaired) electrons. The summed E-state index contributed by atoms with van der Waals surface area (Å²) in [6, 6.07) is 9.08. The molecular weight excluding hydrogens is 322 g/mol. The van der Waals surface area contributed by atoms with Gasteiger partial charge in [0, 0.05) is 16.7 Å². The van der Waals surface area contributed by atoms with Crippen molar-refractivity contribution in [3.8, 4) is 11.8 Å². The first-order chi connectivity index (χ1) is 11.3. The Labute approximate surface area is 144 Å². The van der Waals surface area contributed by atoms with Gasteiger partial charge in [0.15, 0.2) is 0 Å². The van der Waals surface area contributed by atoms with Gasteiger partial charge in [0.1, 0.15) is 11.1 Å². The number of nitrogens with zero attached hydrogens (tertiary/aromatic N) is 1. The number of rotatable bonds is 1. The number of pyridine rings is 1. The lowest BCUT2D eigenvalue weighted by molar-refractivity contribution is 0.0696. The molecule has 4 nitrogen and oxygen atoms in total. The number of aromatic carboxylic acids is 1. The van der Waals surface area contributed by atoms with Crippen LogP contribution in [0.4, 0.5) is 0 Å². The third-order valence-electron chi connectivity index (χ3n) is 4.00. The Balaban J connectivity index is 1.89. The molecule has 1 atom stereocenters. The number of carbonyl (C=O) groups is 1. The molecule has 1 aromatic heterocycles. The summed E-state index contributed by atoms with van der Waals surface area (Å²) in [4.78, 5) is 16.0. The average molecular weight is 339 g/mol. The summed E-state index contributed by atoms with van der Waals surface area (Å²) in [6.45, 7) is 4.25. The lowest BCUT2D eigenvalue weighted by atomic mass is 9.80. The Bertz CT molecular complexity index is 847. The molecule has 0 amide bonds. The summed E-state index contributed by atoms with van der Waals surface area (Å²) in [5.41, 5.74) is 2.27. The molecule has 0 spiro atoms. The van der Waals surface area contributed by atoms with Crippen LogP contribution in [0.15, 0.2) is 41.4 Å². The van der Waals surface area contributed by atoms with Gasteiger partial charge in [0.05, 0.1) is 5.56 Å². The van der Waals surface area contributed by atoms with Crippen molar-refractivity contribution in [1.82, 2.24) is 4.98 Å². The van der Waals surface area contributed by atoms with E-state index in [1.807, 2.05) is 12.1 Å². The molecule has 0 fully saturated rings. The monoisotopic (exact) mass is 339 g/mol. The van der Waals surface area contributed by atoms with Gasteiger partial charge in [-0.2, -0.15) is 0 Å². The summed E-state index contributed by atoms with van der Waals surface area (Å²) in [5, 5.41) is 18.8. The lowest BCUT2D eigenvalue weighted by Gasteiger charge is -2.34.